The number of carbonyl (C=O) groups is 2. The first kappa shape index (κ1) is 10.5. The second-order valence-electron chi connectivity index (χ2n) is 3.32. The lowest BCUT2D eigenvalue weighted by atomic mass is 10.1. The van der Waals surface area contributed by atoms with Crippen molar-refractivity contribution in [2.45, 2.75) is 6.42 Å². The number of anilines is 1. The van der Waals surface area contributed by atoms with Gasteiger partial charge in [0.15, 0.2) is 5.75 Å². The maximum absolute atomic E-state index is 11.5. The molecule has 0 unspecified atom stereocenters. The molecule has 1 aromatic carbocycles. The lowest BCUT2D eigenvalue weighted by Crippen LogP contribution is -2.10. The van der Waals surface area contributed by atoms with Gasteiger partial charge in [0.05, 0.1) is 25.8 Å². The monoisotopic (exact) mass is 221 g/mol. The fourth-order valence-corrected chi connectivity index (χ4v) is 1.52. The minimum Gasteiger partial charge on any atom is -0.490 e. The van der Waals surface area contributed by atoms with E-state index in [1.807, 2.05) is 0 Å². The van der Waals surface area contributed by atoms with E-state index in [0.717, 1.165) is 0 Å². The highest BCUT2D eigenvalue weighted by Crippen LogP contribution is 2.31. The van der Waals surface area contributed by atoms with E-state index in [1.54, 1.807) is 18.2 Å². The quantitative estimate of drug-likeness (QED) is 0.723. The van der Waals surface area contributed by atoms with Crippen molar-refractivity contribution < 1.29 is 19.1 Å². The van der Waals surface area contributed by atoms with Gasteiger partial charge in [-0.05, 0) is 12.1 Å². The first-order valence-electron chi connectivity index (χ1n) is 4.86. The van der Waals surface area contributed by atoms with E-state index in [1.165, 1.54) is 7.11 Å². The number of carbonyl (C=O) groups excluding carboxylic acids is 2. The summed E-state index contributed by atoms with van der Waals surface area (Å²) in [7, 11) is 1.30. The van der Waals surface area contributed by atoms with Crippen LogP contribution in [0.5, 0.6) is 5.75 Å². The average molecular weight is 221 g/mol. The zero-order valence-corrected chi connectivity index (χ0v) is 8.78. The Morgan fingerprint density at radius 3 is 3.06 bits per heavy atom. The van der Waals surface area contributed by atoms with Gasteiger partial charge in [-0.15, -0.1) is 0 Å². The summed E-state index contributed by atoms with van der Waals surface area (Å²) in [5.41, 5.74) is 0.826. The Balaban J connectivity index is 2.46. The molecule has 5 nitrogen and oxygen atoms in total. The van der Waals surface area contributed by atoms with E-state index in [-0.39, 0.29) is 18.9 Å². The maximum atomic E-state index is 11.5. The van der Waals surface area contributed by atoms with Crippen LogP contribution in [-0.2, 0) is 9.53 Å². The van der Waals surface area contributed by atoms with Gasteiger partial charge in [-0.2, -0.15) is 0 Å². The smallest absolute Gasteiger partial charge is 0.341 e. The second kappa shape index (κ2) is 4.22. The van der Waals surface area contributed by atoms with Crippen LogP contribution in [0.15, 0.2) is 18.2 Å². The lowest BCUT2D eigenvalue weighted by Gasteiger charge is -2.10. The van der Waals surface area contributed by atoms with Gasteiger partial charge < -0.3 is 14.8 Å². The molecule has 0 radical (unpaired) electrons. The van der Waals surface area contributed by atoms with Crippen LogP contribution in [0.3, 0.4) is 0 Å². The maximum Gasteiger partial charge on any atom is 0.341 e. The van der Waals surface area contributed by atoms with E-state index in [4.69, 9.17) is 4.74 Å². The molecule has 0 spiro atoms. The van der Waals surface area contributed by atoms with E-state index in [0.29, 0.717) is 17.0 Å². The molecule has 0 aromatic heterocycles. The summed E-state index contributed by atoms with van der Waals surface area (Å²) in [5, 5.41) is 2.67. The minimum absolute atomic E-state index is 0.124. The summed E-state index contributed by atoms with van der Waals surface area (Å²) >= 11 is 0. The van der Waals surface area contributed by atoms with Crippen molar-refractivity contribution >= 4 is 17.6 Å². The summed E-state index contributed by atoms with van der Waals surface area (Å²) < 4.78 is 10.0. The average Bonchev–Trinajstić information content (AvgIpc) is 2.48. The Hall–Kier alpha value is -2.04. The Labute approximate surface area is 92.4 Å². The van der Waals surface area contributed by atoms with Crippen molar-refractivity contribution in [3.8, 4) is 5.75 Å². The molecule has 0 aliphatic carbocycles. The number of nitrogens with one attached hydrogen (secondary N) is 1. The van der Waals surface area contributed by atoms with Crippen molar-refractivity contribution in [1.29, 1.82) is 0 Å². The molecule has 0 saturated heterocycles. The highest BCUT2D eigenvalue weighted by atomic mass is 16.5. The SMILES string of the molecule is COC(=O)c1cccc2c1OCCC(=O)N2. The Morgan fingerprint density at radius 1 is 1.50 bits per heavy atom. The van der Waals surface area contributed by atoms with Crippen molar-refractivity contribution in [2.75, 3.05) is 19.0 Å². The molecule has 0 bridgehead atoms. The molecule has 5 heteroatoms. The van der Waals surface area contributed by atoms with Gasteiger partial charge in [-0.25, -0.2) is 4.79 Å². The molecular formula is C11H11NO4. The Morgan fingerprint density at radius 2 is 2.31 bits per heavy atom. The van der Waals surface area contributed by atoms with Crippen molar-refractivity contribution in [3.63, 3.8) is 0 Å². The topological polar surface area (TPSA) is 64.6 Å². The third kappa shape index (κ3) is 1.84. The number of esters is 1. The van der Waals surface area contributed by atoms with Crippen molar-refractivity contribution in [1.82, 2.24) is 0 Å². The molecule has 16 heavy (non-hydrogen) atoms. The highest BCUT2D eigenvalue weighted by molar-refractivity contribution is 5.99. The molecule has 84 valence electrons. The molecule has 1 N–H and O–H groups in total. The molecule has 0 atom stereocenters. The highest BCUT2D eigenvalue weighted by Gasteiger charge is 2.20. The Kier molecular flexibility index (Phi) is 2.76. The van der Waals surface area contributed by atoms with Crippen LogP contribution in [0.4, 0.5) is 5.69 Å². The number of hydrogen-bond acceptors (Lipinski definition) is 4. The summed E-state index contributed by atoms with van der Waals surface area (Å²) in [6.45, 7) is 0.257. The largest absolute Gasteiger partial charge is 0.490 e. The number of fused-ring (bicyclic) bond motifs is 1. The normalized spacial score (nSPS) is 14.2. The molecule has 1 amide bonds. The van der Waals surface area contributed by atoms with E-state index in [9.17, 15) is 9.59 Å². The van der Waals surface area contributed by atoms with Gasteiger partial charge in [0.25, 0.3) is 0 Å². The number of amides is 1. The van der Waals surface area contributed by atoms with Crippen LogP contribution in [0.25, 0.3) is 0 Å². The van der Waals surface area contributed by atoms with Crippen molar-refractivity contribution in [3.05, 3.63) is 23.8 Å². The molecule has 1 aromatic rings. The van der Waals surface area contributed by atoms with Crippen LogP contribution in [-0.4, -0.2) is 25.6 Å². The molecule has 1 aliphatic heterocycles. The van der Waals surface area contributed by atoms with Crippen LogP contribution in [0.1, 0.15) is 16.8 Å². The second-order valence-corrected chi connectivity index (χ2v) is 3.32. The number of hydrogen-bond donors (Lipinski definition) is 1. The first-order valence-corrected chi connectivity index (χ1v) is 4.86. The lowest BCUT2D eigenvalue weighted by molar-refractivity contribution is -0.116. The Bertz CT molecular complexity index is 442. The van der Waals surface area contributed by atoms with Gasteiger partial charge in [-0.3, -0.25) is 4.79 Å². The van der Waals surface area contributed by atoms with Gasteiger partial charge >= 0.3 is 5.97 Å². The third-order valence-corrected chi connectivity index (χ3v) is 2.27. The minimum atomic E-state index is -0.479. The van der Waals surface area contributed by atoms with Gasteiger partial charge in [-0.1, -0.05) is 6.07 Å². The standard InChI is InChI=1S/C11H11NO4/c1-15-11(14)7-3-2-4-8-10(7)16-6-5-9(13)12-8/h2-4H,5-6H2,1H3,(H,12,13). The summed E-state index contributed by atoms with van der Waals surface area (Å²) in [5.74, 6) is -0.228. The number of rotatable bonds is 1. The number of ether oxygens (including phenoxy) is 2. The van der Waals surface area contributed by atoms with E-state index in [2.05, 4.69) is 10.1 Å². The van der Waals surface area contributed by atoms with Gasteiger partial charge in [0.2, 0.25) is 5.91 Å². The molecule has 0 fully saturated rings. The van der Waals surface area contributed by atoms with E-state index >= 15 is 0 Å². The predicted molar refractivity (Wildman–Crippen MR) is 56.5 cm³/mol. The zero-order chi connectivity index (χ0) is 11.5. The first-order chi connectivity index (χ1) is 7.72. The van der Waals surface area contributed by atoms with Crippen LogP contribution in [0.2, 0.25) is 0 Å². The summed E-state index contributed by atoms with van der Waals surface area (Å²) in [6.07, 6.45) is 0.273. The van der Waals surface area contributed by atoms with E-state index < -0.39 is 5.97 Å². The van der Waals surface area contributed by atoms with Crippen LogP contribution >= 0.6 is 0 Å². The predicted octanol–water partition coefficient (Wildman–Crippen LogP) is 1.19. The molecule has 1 aliphatic rings. The number of methoxy groups -OCH3 is 1. The third-order valence-electron chi connectivity index (χ3n) is 2.27. The van der Waals surface area contributed by atoms with Gasteiger partial charge in [0, 0.05) is 0 Å². The fraction of sp³-hybridized carbons (Fsp3) is 0.273. The summed E-state index contributed by atoms with van der Waals surface area (Å²) in [4.78, 5) is 22.8. The molecule has 2 rings (SSSR count). The molecular weight excluding hydrogens is 210 g/mol. The van der Waals surface area contributed by atoms with Crippen LogP contribution in [0, 0.1) is 0 Å². The fourth-order valence-electron chi connectivity index (χ4n) is 1.52. The van der Waals surface area contributed by atoms with Crippen LogP contribution < -0.4 is 10.1 Å². The molecule has 0 saturated carbocycles. The summed E-state index contributed by atoms with van der Waals surface area (Å²) in [6, 6.07) is 4.95. The molecule has 1 heterocycles. The zero-order valence-electron chi connectivity index (χ0n) is 8.78. The number of para-hydroxylation sites is 1. The van der Waals surface area contributed by atoms with Gasteiger partial charge in [0.1, 0.15) is 5.56 Å². The van der Waals surface area contributed by atoms with Crippen molar-refractivity contribution in [2.24, 2.45) is 0 Å². The number of benzene rings is 1.